The van der Waals surface area contributed by atoms with E-state index in [4.69, 9.17) is 0 Å². The minimum absolute atomic E-state index is 0.0157. The Morgan fingerprint density at radius 1 is 1.23 bits per heavy atom. The van der Waals surface area contributed by atoms with E-state index in [9.17, 15) is 9.59 Å². The molecule has 2 aromatic heterocycles. The highest BCUT2D eigenvalue weighted by atomic mass is 32.1. The molecule has 2 N–H and O–H groups in total. The molecular formula is C18H17N5O2S. The van der Waals surface area contributed by atoms with E-state index in [1.54, 1.807) is 16.0 Å². The number of thiophene rings is 1. The molecule has 8 heteroatoms. The number of rotatable bonds is 4. The van der Waals surface area contributed by atoms with Gasteiger partial charge in [0.15, 0.2) is 5.82 Å². The fraction of sp³-hybridized carbons (Fsp3) is 0.222. The SMILES string of the molecule is O=C1CC[C@@H](NC(=O)c2nc(-c3cccs3)n(-c3ccccc3)n2)CN1. The van der Waals surface area contributed by atoms with E-state index < -0.39 is 0 Å². The van der Waals surface area contributed by atoms with Crippen LogP contribution in [0.3, 0.4) is 0 Å². The van der Waals surface area contributed by atoms with Crippen LogP contribution < -0.4 is 10.6 Å². The average molecular weight is 367 g/mol. The number of amides is 2. The molecule has 1 aliphatic heterocycles. The molecule has 0 spiro atoms. The Hall–Kier alpha value is -3.00. The number of benzene rings is 1. The van der Waals surface area contributed by atoms with Gasteiger partial charge < -0.3 is 10.6 Å². The largest absolute Gasteiger partial charge is 0.354 e. The van der Waals surface area contributed by atoms with E-state index in [1.807, 2.05) is 47.8 Å². The summed E-state index contributed by atoms with van der Waals surface area (Å²) in [5.41, 5.74) is 0.840. The molecule has 1 atom stereocenters. The van der Waals surface area contributed by atoms with Gasteiger partial charge in [-0.2, -0.15) is 0 Å². The number of piperidine rings is 1. The maximum absolute atomic E-state index is 12.6. The zero-order valence-corrected chi connectivity index (χ0v) is 14.7. The van der Waals surface area contributed by atoms with Crippen LogP contribution in [0.5, 0.6) is 0 Å². The normalized spacial score (nSPS) is 16.9. The van der Waals surface area contributed by atoms with E-state index in [0.717, 1.165) is 10.6 Å². The van der Waals surface area contributed by atoms with E-state index in [2.05, 4.69) is 20.7 Å². The van der Waals surface area contributed by atoms with Crippen molar-refractivity contribution in [3.63, 3.8) is 0 Å². The van der Waals surface area contributed by atoms with Gasteiger partial charge in [-0.15, -0.1) is 16.4 Å². The van der Waals surface area contributed by atoms with Crippen LogP contribution in [0, 0.1) is 0 Å². The van der Waals surface area contributed by atoms with Crippen LogP contribution in [0.4, 0.5) is 0 Å². The fourth-order valence-electron chi connectivity index (χ4n) is 2.83. The van der Waals surface area contributed by atoms with Gasteiger partial charge in [-0.3, -0.25) is 9.59 Å². The maximum Gasteiger partial charge on any atom is 0.291 e. The van der Waals surface area contributed by atoms with E-state index >= 15 is 0 Å². The lowest BCUT2D eigenvalue weighted by molar-refractivity contribution is -0.122. The van der Waals surface area contributed by atoms with Gasteiger partial charge in [-0.1, -0.05) is 24.3 Å². The van der Waals surface area contributed by atoms with Crippen LogP contribution in [-0.4, -0.2) is 39.2 Å². The summed E-state index contributed by atoms with van der Waals surface area (Å²) in [6.45, 7) is 0.432. The van der Waals surface area contributed by atoms with Crippen LogP contribution in [0.15, 0.2) is 47.8 Å². The van der Waals surface area contributed by atoms with Crippen molar-refractivity contribution in [3.05, 3.63) is 53.7 Å². The maximum atomic E-state index is 12.6. The van der Waals surface area contributed by atoms with Gasteiger partial charge >= 0.3 is 0 Å². The molecule has 3 heterocycles. The van der Waals surface area contributed by atoms with Crippen molar-refractivity contribution in [1.29, 1.82) is 0 Å². The van der Waals surface area contributed by atoms with E-state index in [0.29, 0.717) is 25.2 Å². The average Bonchev–Trinajstić information content (AvgIpc) is 3.34. The Labute approximate surface area is 154 Å². The van der Waals surface area contributed by atoms with Gasteiger partial charge in [-0.25, -0.2) is 9.67 Å². The van der Waals surface area contributed by atoms with Gasteiger partial charge in [0.1, 0.15) is 0 Å². The lowest BCUT2D eigenvalue weighted by Gasteiger charge is -2.22. The molecular weight excluding hydrogens is 350 g/mol. The highest BCUT2D eigenvalue weighted by Crippen LogP contribution is 2.25. The Morgan fingerprint density at radius 2 is 2.08 bits per heavy atom. The minimum atomic E-state index is -0.335. The summed E-state index contributed by atoms with van der Waals surface area (Å²) >= 11 is 1.54. The number of nitrogens with zero attached hydrogens (tertiary/aromatic N) is 3. The van der Waals surface area contributed by atoms with Gasteiger partial charge in [-0.05, 0) is 30.0 Å². The van der Waals surface area contributed by atoms with Crippen LogP contribution in [0.25, 0.3) is 16.4 Å². The van der Waals surface area contributed by atoms with Crippen LogP contribution in [0.2, 0.25) is 0 Å². The predicted molar refractivity (Wildman–Crippen MR) is 98.2 cm³/mol. The Bertz CT molecular complexity index is 910. The summed E-state index contributed by atoms with van der Waals surface area (Å²) in [5.74, 6) is 0.433. The van der Waals surface area contributed by atoms with Crippen LogP contribution >= 0.6 is 11.3 Å². The monoisotopic (exact) mass is 367 g/mol. The summed E-state index contributed by atoms with van der Waals surface area (Å²) in [4.78, 5) is 29.3. The predicted octanol–water partition coefficient (Wildman–Crippen LogP) is 2.00. The molecule has 4 rings (SSSR count). The zero-order chi connectivity index (χ0) is 17.9. The molecule has 1 aliphatic rings. The van der Waals surface area contributed by atoms with Crippen molar-refractivity contribution < 1.29 is 9.59 Å². The van der Waals surface area contributed by atoms with Crippen LogP contribution in [-0.2, 0) is 4.79 Å². The van der Waals surface area contributed by atoms with Gasteiger partial charge in [0.05, 0.1) is 10.6 Å². The standard InChI is InChI=1S/C18H17N5O2S/c24-15-9-8-12(11-19-15)20-18(25)16-21-17(14-7-4-10-26-14)23(22-16)13-5-2-1-3-6-13/h1-7,10,12H,8-9,11H2,(H,19,24)(H,20,25)/t12-/m1/s1. The number of hydrogen-bond donors (Lipinski definition) is 2. The molecule has 0 radical (unpaired) electrons. The highest BCUT2D eigenvalue weighted by molar-refractivity contribution is 7.13. The first-order chi connectivity index (χ1) is 12.7. The summed E-state index contributed by atoms with van der Waals surface area (Å²) in [6.07, 6.45) is 1.03. The molecule has 1 saturated heterocycles. The third kappa shape index (κ3) is 3.36. The second-order valence-corrected chi connectivity index (χ2v) is 6.94. The summed E-state index contributed by atoms with van der Waals surface area (Å²) < 4.78 is 1.68. The first kappa shape index (κ1) is 16.5. The minimum Gasteiger partial charge on any atom is -0.354 e. The lowest BCUT2D eigenvalue weighted by Crippen LogP contribution is -2.47. The third-order valence-corrected chi connectivity index (χ3v) is 5.02. The molecule has 26 heavy (non-hydrogen) atoms. The summed E-state index contributed by atoms with van der Waals surface area (Å²) in [7, 11) is 0. The molecule has 0 unspecified atom stereocenters. The van der Waals surface area contributed by atoms with Crippen molar-refractivity contribution in [2.75, 3.05) is 6.54 Å². The highest BCUT2D eigenvalue weighted by Gasteiger charge is 2.24. The Kier molecular flexibility index (Phi) is 4.49. The number of hydrogen-bond acceptors (Lipinski definition) is 5. The van der Waals surface area contributed by atoms with E-state index in [-0.39, 0.29) is 23.7 Å². The lowest BCUT2D eigenvalue weighted by atomic mass is 10.1. The van der Waals surface area contributed by atoms with Crippen molar-refractivity contribution in [2.45, 2.75) is 18.9 Å². The van der Waals surface area contributed by atoms with Crippen molar-refractivity contribution in [1.82, 2.24) is 25.4 Å². The van der Waals surface area contributed by atoms with Gasteiger partial charge in [0, 0.05) is 19.0 Å². The Balaban J connectivity index is 1.63. The third-order valence-electron chi connectivity index (χ3n) is 4.15. The number of nitrogens with one attached hydrogen (secondary N) is 2. The number of para-hydroxylation sites is 1. The molecule has 1 fully saturated rings. The van der Waals surface area contributed by atoms with Crippen molar-refractivity contribution in [2.24, 2.45) is 0 Å². The van der Waals surface area contributed by atoms with Crippen LogP contribution in [0.1, 0.15) is 23.5 Å². The fourth-order valence-corrected chi connectivity index (χ4v) is 3.53. The Morgan fingerprint density at radius 3 is 2.77 bits per heavy atom. The van der Waals surface area contributed by atoms with E-state index in [1.165, 1.54) is 0 Å². The zero-order valence-electron chi connectivity index (χ0n) is 13.9. The van der Waals surface area contributed by atoms with Crippen molar-refractivity contribution in [3.8, 4) is 16.4 Å². The topological polar surface area (TPSA) is 88.9 Å². The molecule has 1 aromatic carbocycles. The number of aromatic nitrogens is 3. The van der Waals surface area contributed by atoms with Crippen molar-refractivity contribution >= 4 is 23.2 Å². The smallest absolute Gasteiger partial charge is 0.291 e. The first-order valence-electron chi connectivity index (χ1n) is 8.34. The molecule has 0 bridgehead atoms. The molecule has 0 saturated carbocycles. The number of carbonyl (C=O) groups is 2. The summed E-state index contributed by atoms with van der Waals surface area (Å²) in [5, 5.41) is 12.1. The number of carbonyl (C=O) groups excluding carboxylic acids is 2. The summed E-state index contributed by atoms with van der Waals surface area (Å²) in [6, 6.07) is 13.4. The molecule has 2 amide bonds. The second kappa shape index (κ2) is 7.09. The second-order valence-electron chi connectivity index (χ2n) is 6.00. The molecule has 7 nitrogen and oxygen atoms in total. The first-order valence-corrected chi connectivity index (χ1v) is 9.22. The van der Waals surface area contributed by atoms with Gasteiger partial charge in [0.2, 0.25) is 11.7 Å². The quantitative estimate of drug-likeness (QED) is 0.738. The molecule has 132 valence electrons. The van der Waals surface area contributed by atoms with Gasteiger partial charge in [0.25, 0.3) is 5.91 Å². The molecule has 0 aliphatic carbocycles. The molecule has 3 aromatic rings.